The minimum absolute atomic E-state index is 0.228. The molecule has 7 heteroatoms. The highest BCUT2D eigenvalue weighted by molar-refractivity contribution is 7.90. The largest absolute Gasteiger partial charge is 0.294 e. The van der Waals surface area contributed by atoms with E-state index < -0.39 is 10.0 Å². The zero-order chi connectivity index (χ0) is 10.2. The Kier molecular flexibility index (Phi) is 2.50. The number of aliphatic imine (C=N–C) groups is 1. The Morgan fingerprint density at radius 2 is 2.29 bits per heavy atom. The fourth-order valence-corrected chi connectivity index (χ4v) is 2.66. The Balaban J connectivity index is 2.01. The van der Waals surface area contributed by atoms with Gasteiger partial charge in [0.15, 0.2) is 0 Å². The zero-order valence-electron chi connectivity index (χ0n) is 7.35. The molecule has 0 radical (unpaired) electrons. The standard InChI is InChI=1S/C7H10ClN3O2S/c8-7-5-11(4-3-9-7)10-14(12,13)6-1-2-6/h3,5-6,10H,1-2,4H2. The zero-order valence-corrected chi connectivity index (χ0v) is 8.92. The maximum absolute atomic E-state index is 11.5. The van der Waals surface area contributed by atoms with Gasteiger partial charge in [-0.05, 0) is 12.8 Å². The van der Waals surface area contributed by atoms with Crippen molar-refractivity contribution in [3.8, 4) is 0 Å². The van der Waals surface area contributed by atoms with Crippen molar-refractivity contribution in [3.05, 3.63) is 11.4 Å². The summed E-state index contributed by atoms with van der Waals surface area (Å²) in [6.45, 7) is 0.405. The maximum Gasteiger partial charge on any atom is 0.231 e. The molecule has 0 aromatic rings. The first kappa shape index (κ1) is 9.95. The predicted octanol–water partition coefficient (Wildman–Crippen LogP) is 0.407. The number of sulfonamides is 1. The third-order valence-corrected chi connectivity index (χ3v) is 4.00. The third-order valence-electron chi connectivity index (χ3n) is 1.96. The summed E-state index contributed by atoms with van der Waals surface area (Å²) in [4.78, 5) is 6.24. The summed E-state index contributed by atoms with van der Waals surface area (Å²) in [5.74, 6) is 0. The van der Waals surface area contributed by atoms with Crippen LogP contribution in [0.15, 0.2) is 16.3 Å². The Morgan fingerprint density at radius 3 is 2.86 bits per heavy atom. The normalized spacial score (nSPS) is 22.4. The lowest BCUT2D eigenvalue weighted by Gasteiger charge is -2.21. The summed E-state index contributed by atoms with van der Waals surface area (Å²) in [7, 11) is -3.20. The monoisotopic (exact) mass is 235 g/mol. The molecule has 0 atom stereocenters. The van der Waals surface area contributed by atoms with E-state index in [1.165, 1.54) is 11.2 Å². The minimum Gasteiger partial charge on any atom is -0.294 e. The van der Waals surface area contributed by atoms with Crippen molar-refractivity contribution in [2.24, 2.45) is 4.99 Å². The lowest BCUT2D eigenvalue weighted by Crippen LogP contribution is -2.42. The van der Waals surface area contributed by atoms with E-state index >= 15 is 0 Å². The first-order valence-electron chi connectivity index (χ1n) is 4.26. The van der Waals surface area contributed by atoms with Gasteiger partial charge in [0.05, 0.1) is 18.0 Å². The molecule has 5 nitrogen and oxygen atoms in total. The molecule has 0 amide bonds. The van der Waals surface area contributed by atoms with Gasteiger partial charge in [-0.2, -0.15) is 0 Å². The first-order valence-corrected chi connectivity index (χ1v) is 6.18. The molecule has 0 aromatic heterocycles. The molecule has 2 rings (SSSR count). The van der Waals surface area contributed by atoms with E-state index in [1.54, 1.807) is 6.21 Å². The van der Waals surface area contributed by atoms with Crippen molar-refractivity contribution < 1.29 is 8.42 Å². The molecule has 0 saturated heterocycles. The molecule has 0 aromatic carbocycles. The number of hydrogen-bond donors (Lipinski definition) is 1. The molecule has 0 bridgehead atoms. The van der Waals surface area contributed by atoms with E-state index in [0.717, 1.165) is 12.8 Å². The second-order valence-electron chi connectivity index (χ2n) is 3.25. The smallest absolute Gasteiger partial charge is 0.231 e. The van der Waals surface area contributed by atoms with Crippen LogP contribution in [-0.4, -0.2) is 31.4 Å². The summed E-state index contributed by atoms with van der Waals surface area (Å²) < 4.78 is 23.0. The number of hydrogen-bond acceptors (Lipinski definition) is 4. The summed E-state index contributed by atoms with van der Waals surface area (Å²) >= 11 is 5.62. The van der Waals surface area contributed by atoms with Gasteiger partial charge in [-0.15, -0.1) is 4.83 Å². The number of nitrogens with one attached hydrogen (secondary N) is 1. The van der Waals surface area contributed by atoms with Crippen LogP contribution in [0.3, 0.4) is 0 Å². The van der Waals surface area contributed by atoms with Crippen molar-refractivity contribution in [2.75, 3.05) is 6.54 Å². The van der Waals surface area contributed by atoms with E-state index in [-0.39, 0.29) is 10.4 Å². The molecule has 0 unspecified atom stereocenters. The van der Waals surface area contributed by atoms with Gasteiger partial charge in [0.2, 0.25) is 10.0 Å². The number of nitrogens with zero attached hydrogens (tertiary/aromatic N) is 2. The molecule has 1 heterocycles. The van der Waals surface area contributed by atoms with Crippen molar-refractivity contribution in [3.63, 3.8) is 0 Å². The summed E-state index contributed by atoms with van der Waals surface area (Å²) in [6, 6.07) is 0. The van der Waals surface area contributed by atoms with Gasteiger partial charge in [0.25, 0.3) is 0 Å². The van der Waals surface area contributed by atoms with Gasteiger partial charge in [0, 0.05) is 6.21 Å². The molecule has 0 spiro atoms. The second-order valence-corrected chi connectivity index (χ2v) is 5.58. The number of halogens is 1. The molecular weight excluding hydrogens is 226 g/mol. The van der Waals surface area contributed by atoms with Crippen LogP contribution < -0.4 is 4.83 Å². The van der Waals surface area contributed by atoms with Gasteiger partial charge >= 0.3 is 0 Å². The highest BCUT2D eigenvalue weighted by Gasteiger charge is 2.36. The third kappa shape index (κ3) is 2.26. The first-order chi connectivity index (χ1) is 6.58. The Labute approximate surface area is 87.5 Å². The van der Waals surface area contributed by atoms with Crippen LogP contribution in [0.1, 0.15) is 12.8 Å². The number of rotatable bonds is 3. The van der Waals surface area contributed by atoms with E-state index in [9.17, 15) is 8.42 Å². The molecule has 2 aliphatic rings. The van der Waals surface area contributed by atoms with Crippen LogP contribution in [0.2, 0.25) is 0 Å². The van der Waals surface area contributed by atoms with E-state index in [0.29, 0.717) is 6.54 Å². The van der Waals surface area contributed by atoms with E-state index in [2.05, 4.69) is 9.82 Å². The van der Waals surface area contributed by atoms with Crippen LogP contribution in [-0.2, 0) is 10.0 Å². The average Bonchev–Trinajstić information content (AvgIpc) is 2.84. The Bertz CT molecular complexity index is 386. The van der Waals surface area contributed by atoms with Gasteiger partial charge in [-0.3, -0.25) is 5.01 Å². The van der Waals surface area contributed by atoms with Crippen molar-refractivity contribution >= 4 is 27.8 Å². The molecule has 1 saturated carbocycles. The fraction of sp³-hybridized carbons (Fsp3) is 0.571. The highest BCUT2D eigenvalue weighted by atomic mass is 35.5. The Morgan fingerprint density at radius 1 is 1.57 bits per heavy atom. The Hall–Kier alpha value is -0.590. The highest BCUT2D eigenvalue weighted by Crippen LogP contribution is 2.27. The van der Waals surface area contributed by atoms with Crippen LogP contribution in [0.25, 0.3) is 0 Å². The molecule has 78 valence electrons. The minimum atomic E-state index is -3.20. The van der Waals surface area contributed by atoms with Crippen LogP contribution >= 0.6 is 11.6 Å². The quantitative estimate of drug-likeness (QED) is 0.721. The van der Waals surface area contributed by atoms with E-state index in [1.807, 2.05) is 0 Å². The van der Waals surface area contributed by atoms with Crippen molar-refractivity contribution in [2.45, 2.75) is 18.1 Å². The summed E-state index contributed by atoms with van der Waals surface area (Å²) in [5, 5.41) is 1.46. The van der Waals surface area contributed by atoms with E-state index in [4.69, 9.17) is 11.6 Å². The topological polar surface area (TPSA) is 61.8 Å². The number of hydrazine groups is 1. The molecule has 1 fully saturated rings. The predicted molar refractivity (Wildman–Crippen MR) is 54.2 cm³/mol. The molecule has 1 N–H and O–H groups in total. The van der Waals surface area contributed by atoms with Crippen LogP contribution in [0.5, 0.6) is 0 Å². The average molecular weight is 236 g/mol. The molecule has 14 heavy (non-hydrogen) atoms. The lowest BCUT2D eigenvalue weighted by atomic mass is 10.6. The molecule has 1 aliphatic heterocycles. The molecular formula is C7H10ClN3O2S. The van der Waals surface area contributed by atoms with Gasteiger partial charge in [0.1, 0.15) is 5.16 Å². The fourth-order valence-electron chi connectivity index (χ4n) is 1.11. The van der Waals surface area contributed by atoms with Crippen molar-refractivity contribution in [1.29, 1.82) is 0 Å². The SMILES string of the molecule is O=S(=O)(NN1C=C(Cl)N=CC1)C1CC1. The van der Waals surface area contributed by atoms with Crippen LogP contribution in [0.4, 0.5) is 0 Å². The maximum atomic E-state index is 11.5. The van der Waals surface area contributed by atoms with Gasteiger partial charge < -0.3 is 0 Å². The summed E-state index contributed by atoms with van der Waals surface area (Å²) in [6.07, 6.45) is 4.50. The van der Waals surface area contributed by atoms with Gasteiger partial charge in [-0.25, -0.2) is 13.4 Å². The molecule has 1 aliphatic carbocycles. The van der Waals surface area contributed by atoms with Crippen LogP contribution in [0, 0.1) is 0 Å². The lowest BCUT2D eigenvalue weighted by molar-refractivity contribution is 0.377. The second kappa shape index (κ2) is 3.52. The van der Waals surface area contributed by atoms with Crippen molar-refractivity contribution in [1.82, 2.24) is 9.84 Å². The van der Waals surface area contributed by atoms with Gasteiger partial charge in [-0.1, -0.05) is 11.6 Å². The summed E-state index contributed by atoms with van der Waals surface area (Å²) in [5.41, 5.74) is 0.